The molecule has 0 aliphatic heterocycles. The molecule has 7 heteroatoms. The Morgan fingerprint density at radius 2 is 1.82 bits per heavy atom. The van der Waals surface area contributed by atoms with E-state index < -0.39 is 36.4 Å². The minimum Gasteiger partial charge on any atom is -0.390 e. The molecule has 186 valence electrons. The third kappa shape index (κ3) is 7.57. The molecular weight excluding hydrogens is 441 g/mol. The Kier molecular flexibility index (Phi) is 8.77. The fraction of sp³-hybridized carbons (Fsp3) is 0.519. The zero-order valence-corrected chi connectivity index (χ0v) is 20.1. The Balaban J connectivity index is 1.72. The number of aliphatic hydroxyl groups excluding tert-OH is 1. The second-order valence-corrected chi connectivity index (χ2v) is 10.5. The number of aliphatic hydroxyl groups is 1. The number of hydrogen-bond donors (Lipinski definition) is 3. The summed E-state index contributed by atoms with van der Waals surface area (Å²) in [7, 11) is 0. The van der Waals surface area contributed by atoms with Crippen LogP contribution in [0.15, 0.2) is 36.4 Å². The maximum absolute atomic E-state index is 13.6. The number of halogens is 3. The largest absolute Gasteiger partial charge is 0.390 e. The first-order chi connectivity index (χ1) is 16.0. The van der Waals surface area contributed by atoms with Crippen molar-refractivity contribution >= 4 is 5.91 Å². The van der Waals surface area contributed by atoms with Gasteiger partial charge in [0, 0.05) is 18.7 Å². The molecule has 3 rings (SSSR count). The highest BCUT2D eigenvalue weighted by atomic mass is 19.1. The van der Waals surface area contributed by atoms with Crippen LogP contribution in [-0.4, -0.2) is 36.4 Å². The molecule has 3 unspecified atom stereocenters. The van der Waals surface area contributed by atoms with Gasteiger partial charge in [0.1, 0.15) is 11.6 Å². The van der Waals surface area contributed by atoms with E-state index in [1.165, 1.54) is 16.7 Å². The predicted octanol–water partition coefficient (Wildman–Crippen LogP) is 4.58. The summed E-state index contributed by atoms with van der Waals surface area (Å²) in [6.45, 7) is 5.52. The zero-order valence-electron chi connectivity index (χ0n) is 20.1. The number of aryl methyl sites for hydroxylation is 1. The van der Waals surface area contributed by atoms with Crippen LogP contribution in [-0.2, 0) is 24.1 Å². The fourth-order valence-electron chi connectivity index (χ4n) is 4.70. The van der Waals surface area contributed by atoms with E-state index in [-0.39, 0.29) is 30.0 Å². The Morgan fingerprint density at radius 3 is 2.47 bits per heavy atom. The molecule has 0 saturated heterocycles. The fourth-order valence-corrected chi connectivity index (χ4v) is 4.70. The third-order valence-electron chi connectivity index (χ3n) is 6.14. The van der Waals surface area contributed by atoms with E-state index in [0.717, 1.165) is 43.9 Å². The van der Waals surface area contributed by atoms with E-state index in [1.807, 2.05) is 0 Å². The summed E-state index contributed by atoms with van der Waals surface area (Å²) in [5.41, 5.74) is 4.21. The van der Waals surface area contributed by atoms with Crippen LogP contribution in [0.3, 0.4) is 0 Å². The van der Waals surface area contributed by atoms with Crippen molar-refractivity contribution in [1.29, 1.82) is 0 Å². The van der Waals surface area contributed by atoms with E-state index in [2.05, 4.69) is 49.6 Å². The highest BCUT2D eigenvalue weighted by Crippen LogP contribution is 2.32. The Labute approximate surface area is 200 Å². The zero-order chi connectivity index (χ0) is 24.9. The first kappa shape index (κ1) is 26.2. The van der Waals surface area contributed by atoms with Crippen LogP contribution in [0.4, 0.5) is 13.2 Å². The van der Waals surface area contributed by atoms with Crippen LogP contribution < -0.4 is 10.6 Å². The molecule has 2 aromatic rings. The quantitative estimate of drug-likeness (QED) is 0.497. The van der Waals surface area contributed by atoms with Gasteiger partial charge in [-0.15, -0.1) is 0 Å². The van der Waals surface area contributed by atoms with Gasteiger partial charge < -0.3 is 15.7 Å². The number of alkyl halides is 1. The Morgan fingerprint density at radius 1 is 1.12 bits per heavy atom. The van der Waals surface area contributed by atoms with Gasteiger partial charge in [0.2, 0.25) is 0 Å². The highest BCUT2D eigenvalue weighted by Gasteiger charge is 2.26. The number of rotatable bonds is 9. The average molecular weight is 477 g/mol. The van der Waals surface area contributed by atoms with Gasteiger partial charge in [-0.3, -0.25) is 4.79 Å². The average Bonchev–Trinajstić information content (AvgIpc) is 2.75. The molecule has 34 heavy (non-hydrogen) atoms. The molecule has 0 fully saturated rings. The van der Waals surface area contributed by atoms with Crippen molar-refractivity contribution in [2.75, 3.05) is 13.2 Å². The van der Waals surface area contributed by atoms with Crippen molar-refractivity contribution in [3.63, 3.8) is 0 Å². The molecule has 3 N–H and O–H groups in total. The molecule has 1 aliphatic rings. The lowest BCUT2D eigenvalue weighted by molar-refractivity contribution is -0.123. The summed E-state index contributed by atoms with van der Waals surface area (Å²) in [6, 6.07) is 8.80. The SMILES string of the molecule is CC(C)(C)Cc1ccc2c(c1)C(NCC(O)C(Cc1cc(F)cc(F)c1)NC(=O)CF)CCC2. The molecule has 0 heterocycles. The van der Waals surface area contributed by atoms with E-state index in [1.54, 1.807) is 0 Å². The molecule has 0 radical (unpaired) electrons. The third-order valence-corrected chi connectivity index (χ3v) is 6.14. The standard InChI is InChI=1S/C27H35F3N2O2/c1-27(2,3)14-17-7-8-19-5-4-6-23(22(19)11-17)31-16-25(33)24(32-26(34)15-28)12-18-9-20(29)13-21(30)10-18/h7-11,13,23-25,31,33H,4-6,12,14-16H2,1-3H3,(H,32,34). The normalized spacial score (nSPS) is 17.7. The number of amides is 1. The van der Waals surface area contributed by atoms with Crippen LogP contribution in [0.25, 0.3) is 0 Å². The van der Waals surface area contributed by atoms with Crippen molar-refractivity contribution in [3.05, 3.63) is 70.3 Å². The summed E-state index contributed by atoms with van der Waals surface area (Å²) in [5, 5.41) is 16.7. The summed E-state index contributed by atoms with van der Waals surface area (Å²) in [6.07, 6.45) is 2.79. The van der Waals surface area contributed by atoms with Crippen LogP contribution in [0.1, 0.15) is 61.9 Å². The van der Waals surface area contributed by atoms with Crippen LogP contribution in [0.5, 0.6) is 0 Å². The molecule has 1 aliphatic carbocycles. The van der Waals surface area contributed by atoms with Gasteiger partial charge in [0.05, 0.1) is 12.1 Å². The maximum atomic E-state index is 13.6. The smallest absolute Gasteiger partial charge is 0.251 e. The molecule has 0 saturated carbocycles. The lowest BCUT2D eigenvalue weighted by atomic mass is 9.82. The molecule has 4 nitrogen and oxygen atoms in total. The maximum Gasteiger partial charge on any atom is 0.251 e. The highest BCUT2D eigenvalue weighted by molar-refractivity contribution is 5.77. The second-order valence-electron chi connectivity index (χ2n) is 10.5. The molecule has 2 aromatic carbocycles. The summed E-state index contributed by atoms with van der Waals surface area (Å²) < 4.78 is 40.1. The van der Waals surface area contributed by atoms with Gasteiger partial charge in [-0.1, -0.05) is 39.0 Å². The van der Waals surface area contributed by atoms with Crippen molar-refractivity contribution in [2.45, 2.75) is 71.1 Å². The van der Waals surface area contributed by atoms with Crippen LogP contribution in [0, 0.1) is 17.0 Å². The van der Waals surface area contributed by atoms with E-state index in [4.69, 9.17) is 0 Å². The van der Waals surface area contributed by atoms with Gasteiger partial charge in [0.15, 0.2) is 6.67 Å². The monoisotopic (exact) mass is 476 g/mol. The van der Waals surface area contributed by atoms with Crippen LogP contribution >= 0.6 is 0 Å². The molecule has 0 spiro atoms. The Hall–Kier alpha value is -2.38. The number of carbonyl (C=O) groups is 1. The molecular formula is C27H35F3N2O2. The Bertz CT molecular complexity index is 970. The van der Waals surface area contributed by atoms with Crippen LogP contribution in [0.2, 0.25) is 0 Å². The lowest BCUT2D eigenvalue weighted by Crippen LogP contribution is -2.49. The molecule has 1 amide bonds. The van der Waals surface area contributed by atoms with Gasteiger partial charge in [-0.05, 0) is 71.9 Å². The summed E-state index contributed by atoms with van der Waals surface area (Å²) in [5.74, 6) is -2.37. The molecule has 0 aromatic heterocycles. The first-order valence-electron chi connectivity index (χ1n) is 11.9. The number of nitrogens with one attached hydrogen (secondary N) is 2. The minimum absolute atomic E-state index is 0.0275. The summed E-state index contributed by atoms with van der Waals surface area (Å²) in [4.78, 5) is 11.7. The second kappa shape index (κ2) is 11.4. The van der Waals surface area contributed by atoms with Gasteiger partial charge in [0.25, 0.3) is 5.91 Å². The van der Waals surface area contributed by atoms with Crippen molar-refractivity contribution < 1.29 is 23.1 Å². The number of carbonyl (C=O) groups excluding carboxylic acids is 1. The number of benzene rings is 2. The van der Waals surface area contributed by atoms with E-state index >= 15 is 0 Å². The van der Waals surface area contributed by atoms with E-state index in [0.29, 0.717) is 0 Å². The molecule has 0 bridgehead atoms. The predicted molar refractivity (Wildman–Crippen MR) is 127 cm³/mol. The van der Waals surface area contributed by atoms with Gasteiger partial charge >= 0.3 is 0 Å². The molecule has 3 atom stereocenters. The topological polar surface area (TPSA) is 61.4 Å². The first-order valence-corrected chi connectivity index (χ1v) is 11.9. The lowest BCUT2D eigenvalue weighted by Gasteiger charge is -2.31. The number of fused-ring (bicyclic) bond motifs is 1. The minimum atomic E-state index is -1.24. The summed E-state index contributed by atoms with van der Waals surface area (Å²) >= 11 is 0. The van der Waals surface area contributed by atoms with Gasteiger partial charge in [-0.2, -0.15) is 0 Å². The number of hydrogen-bond acceptors (Lipinski definition) is 3. The van der Waals surface area contributed by atoms with Gasteiger partial charge in [-0.25, -0.2) is 13.2 Å². The van der Waals surface area contributed by atoms with Crippen molar-refractivity contribution in [1.82, 2.24) is 10.6 Å². The van der Waals surface area contributed by atoms with Crippen molar-refractivity contribution in [2.24, 2.45) is 5.41 Å². The van der Waals surface area contributed by atoms with Crippen molar-refractivity contribution in [3.8, 4) is 0 Å². The van der Waals surface area contributed by atoms with E-state index in [9.17, 15) is 23.1 Å².